The molecular weight excluding hydrogens is 473 g/mol. The molecule has 10 heteroatoms. The first-order chi connectivity index (χ1) is 16.4. The third-order valence-electron chi connectivity index (χ3n) is 5.23. The van der Waals surface area contributed by atoms with Gasteiger partial charge in [0.15, 0.2) is 0 Å². The zero-order valence-electron chi connectivity index (χ0n) is 20.8. The van der Waals surface area contributed by atoms with Gasteiger partial charge in [0.05, 0.1) is 18.6 Å². The van der Waals surface area contributed by atoms with Crippen molar-refractivity contribution in [2.75, 3.05) is 30.3 Å². The van der Waals surface area contributed by atoms with E-state index in [1.807, 2.05) is 20.8 Å². The quantitative estimate of drug-likeness (QED) is 0.476. The van der Waals surface area contributed by atoms with Gasteiger partial charge in [-0.3, -0.25) is 13.9 Å². The zero-order chi connectivity index (χ0) is 26.2. The van der Waals surface area contributed by atoms with Gasteiger partial charge in [0.2, 0.25) is 21.8 Å². The maximum Gasteiger partial charge on any atom is 0.244 e. The summed E-state index contributed by atoms with van der Waals surface area (Å²) in [5, 5.41) is 2.81. The van der Waals surface area contributed by atoms with E-state index in [0.29, 0.717) is 30.2 Å². The third-order valence-corrected chi connectivity index (χ3v) is 6.37. The number of amides is 2. The summed E-state index contributed by atoms with van der Waals surface area (Å²) >= 11 is 0. The largest absolute Gasteiger partial charge is 0.494 e. The van der Waals surface area contributed by atoms with Crippen molar-refractivity contribution in [2.24, 2.45) is 5.92 Å². The van der Waals surface area contributed by atoms with Crippen LogP contribution in [0.15, 0.2) is 48.5 Å². The minimum atomic E-state index is -3.82. The van der Waals surface area contributed by atoms with E-state index in [4.69, 9.17) is 4.74 Å². The number of sulfonamides is 1. The predicted octanol–water partition coefficient (Wildman–Crippen LogP) is 3.18. The first kappa shape index (κ1) is 28.1. The second-order valence-corrected chi connectivity index (χ2v) is 10.6. The number of halogens is 1. The van der Waals surface area contributed by atoms with Crippen molar-refractivity contribution in [1.82, 2.24) is 10.2 Å². The third kappa shape index (κ3) is 8.54. The Hall–Kier alpha value is -3.14. The Morgan fingerprint density at radius 2 is 1.63 bits per heavy atom. The van der Waals surface area contributed by atoms with Gasteiger partial charge in [-0.25, -0.2) is 12.8 Å². The molecule has 2 rings (SSSR count). The summed E-state index contributed by atoms with van der Waals surface area (Å²) in [7, 11) is -3.82. The highest BCUT2D eigenvalue weighted by atomic mass is 32.2. The monoisotopic (exact) mass is 507 g/mol. The molecule has 0 bridgehead atoms. The summed E-state index contributed by atoms with van der Waals surface area (Å²) < 4.78 is 44.9. The van der Waals surface area contributed by atoms with E-state index < -0.39 is 34.3 Å². The Bertz CT molecular complexity index is 1090. The summed E-state index contributed by atoms with van der Waals surface area (Å²) in [6, 6.07) is 11.1. The Kier molecular flexibility index (Phi) is 10.1. The van der Waals surface area contributed by atoms with Crippen molar-refractivity contribution in [3.63, 3.8) is 0 Å². The number of hydrogen-bond donors (Lipinski definition) is 1. The highest BCUT2D eigenvalue weighted by Gasteiger charge is 2.30. The molecule has 0 aliphatic heterocycles. The molecule has 1 N–H and O–H groups in total. The highest BCUT2D eigenvalue weighted by molar-refractivity contribution is 7.92. The van der Waals surface area contributed by atoms with E-state index in [2.05, 4.69) is 5.32 Å². The molecule has 8 nitrogen and oxygen atoms in total. The van der Waals surface area contributed by atoms with Crippen LogP contribution in [0.25, 0.3) is 0 Å². The number of carbonyl (C=O) groups is 2. The first-order valence-corrected chi connectivity index (χ1v) is 13.3. The lowest BCUT2D eigenvalue weighted by Gasteiger charge is -2.31. The Morgan fingerprint density at radius 1 is 1.03 bits per heavy atom. The van der Waals surface area contributed by atoms with Crippen LogP contribution in [0.3, 0.4) is 0 Å². The van der Waals surface area contributed by atoms with Crippen molar-refractivity contribution in [1.29, 1.82) is 0 Å². The van der Waals surface area contributed by atoms with Gasteiger partial charge in [-0.2, -0.15) is 0 Å². The van der Waals surface area contributed by atoms with Crippen LogP contribution in [0, 0.1) is 11.7 Å². The molecule has 0 saturated heterocycles. The molecule has 0 heterocycles. The molecule has 0 spiro atoms. The molecular formula is C25H34FN3O5S. The van der Waals surface area contributed by atoms with Crippen molar-refractivity contribution in [3.8, 4) is 5.75 Å². The van der Waals surface area contributed by atoms with Crippen LogP contribution < -0.4 is 14.4 Å². The minimum absolute atomic E-state index is 0.0102. The molecule has 0 aromatic heterocycles. The molecule has 0 aliphatic carbocycles. The maximum absolute atomic E-state index is 13.4. The topological polar surface area (TPSA) is 96.0 Å². The summed E-state index contributed by atoms with van der Waals surface area (Å²) in [6.07, 6.45) is 1.01. The molecule has 2 aromatic carbocycles. The molecule has 0 radical (unpaired) electrons. The standard InChI is InChI=1S/C25H34FN3O5S/c1-6-34-23-13-11-22(12-14-23)29(35(5,32)33)17-24(30)28(16-20-7-9-21(26)10-8-20)19(4)25(31)27-15-18(2)3/h7-14,18-19H,6,15-17H2,1-5H3,(H,27,31)/t19-/m0/s1. The zero-order valence-corrected chi connectivity index (χ0v) is 21.6. The van der Waals surface area contributed by atoms with E-state index in [0.717, 1.165) is 10.6 Å². The number of anilines is 1. The summed E-state index contributed by atoms with van der Waals surface area (Å²) in [6.45, 7) is 7.72. The van der Waals surface area contributed by atoms with Crippen molar-refractivity contribution in [3.05, 3.63) is 59.9 Å². The molecule has 2 amide bonds. The van der Waals surface area contributed by atoms with Crippen LogP contribution in [-0.2, 0) is 26.2 Å². The van der Waals surface area contributed by atoms with Gasteiger partial charge in [0.25, 0.3) is 0 Å². The number of carbonyl (C=O) groups excluding carboxylic acids is 2. The van der Waals surface area contributed by atoms with Crippen LogP contribution in [0.1, 0.15) is 33.3 Å². The number of hydrogen-bond acceptors (Lipinski definition) is 5. The first-order valence-electron chi connectivity index (χ1n) is 11.4. The number of rotatable bonds is 12. The van der Waals surface area contributed by atoms with Gasteiger partial charge in [-0.15, -0.1) is 0 Å². The van der Waals surface area contributed by atoms with Crippen molar-refractivity contribution >= 4 is 27.5 Å². The van der Waals surface area contributed by atoms with E-state index in [1.165, 1.54) is 29.2 Å². The SMILES string of the molecule is CCOc1ccc(N(CC(=O)N(Cc2ccc(F)cc2)[C@@H](C)C(=O)NCC(C)C)S(C)(=O)=O)cc1. The lowest BCUT2D eigenvalue weighted by molar-refractivity contribution is -0.139. The molecule has 35 heavy (non-hydrogen) atoms. The minimum Gasteiger partial charge on any atom is -0.494 e. The number of benzene rings is 2. The number of nitrogens with one attached hydrogen (secondary N) is 1. The van der Waals surface area contributed by atoms with Gasteiger partial charge < -0.3 is 15.0 Å². The predicted molar refractivity (Wildman–Crippen MR) is 134 cm³/mol. The summed E-state index contributed by atoms with van der Waals surface area (Å²) in [4.78, 5) is 27.5. The van der Waals surface area contributed by atoms with Crippen LogP contribution >= 0.6 is 0 Å². The molecule has 0 unspecified atom stereocenters. The Balaban J connectivity index is 2.33. The van der Waals surface area contributed by atoms with Crippen LogP contribution in [0.5, 0.6) is 5.75 Å². The molecule has 0 fully saturated rings. The van der Waals surface area contributed by atoms with Crippen molar-refractivity contribution in [2.45, 2.75) is 40.3 Å². The van der Waals surface area contributed by atoms with Crippen LogP contribution in [0.4, 0.5) is 10.1 Å². The van der Waals surface area contributed by atoms with Gasteiger partial charge >= 0.3 is 0 Å². The fourth-order valence-corrected chi connectivity index (χ4v) is 4.16. The highest BCUT2D eigenvalue weighted by Crippen LogP contribution is 2.22. The summed E-state index contributed by atoms with van der Waals surface area (Å²) in [5.41, 5.74) is 0.901. The van der Waals surface area contributed by atoms with Crippen molar-refractivity contribution < 1.29 is 27.1 Å². The normalized spacial score (nSPS) is 12.2. The number of nitrogens with zero attached hydrogens (tertiary/aromatic N) is 2. The van der Waals surface area contributed by atoms with Gasteiger partial charge in [-0.1, -0.05) is 26.0 Å². The van der Waals surface area contributed by atoms with Crippen LogP contribution in [0.2, 0.25) is 0 Å². The smallest absolute Gasteiger partial charge is 0.244 e. The van der Waals surface area contributed by atoms with E-state index >= 15 is 0 Å². The molecule has 192 valence electrons. The maximum atomic E-state index is 13.4. The molecule has 2 aromatic rings. The fraction of sp³-hybridized carbons (Fsp3) is 0.440. The van der Waals surface area contributed by atoms with E-state index in [1.54, 1.807) is 31.2 Å². The second kappa shape index (κ2) is 12.5. The Labute approximate surface area is 207 Å². The average Bonchev–Trinajstić information content (AvgIpc) is 2.80. The van der Waals surface area contributed by atoms with Gasteiger partial charge in [0, 0.05) is 13.1 Å². The van der Waals surface area contributed by atoms with Crippen LogP contribution in [-0.4, -0.2) is 57.1 Å². The molecule has 0 aliphatic rings. The summed E-state index contributed by atoms with van der Waals surface area (Å²) in [5.74, 6) is -0.563. The average molecular weight is 508 g/mol. The molecule has 0 saturated carbocycles. The van der Waals surface area contributed by atoms with E-state index in [9.17, 15) is 22.4 Å². The van der Waals surface area contributed by atoms with Gasteiger partial charge in [-0.05, 0) is 61.7 Å². The Morgan fingerprint density at radius 3 is 2.14 bits per heavy atom. The van der Waals surface area contributed by atoms with E-state index in [-0.39, 0.29) is 18.4 Å². The number of ether oxygens (including phenoxy) is 1. The van der Waals surface area contributed by atoms with Gasteiger partial charge in [0.1, 0.15) is 24.2 Å². The lowest BCUT2D eigenvalue weighted by atomic mass is 10.1. The molecule has 1 atom stereocenters. The second-order valence-electron chi connectivity index (χ2n) is 8.66. The fourth-order valence-electron chi connectivity index (χ4n) is 3.31. The lowest BCUT2D eigenvalue weighted by Crippen LogP contribution is -2.51.